The van der Waals surface area contributed by atoms with Crippen molar-refractivity contribution in [1.29, 1.82) is 0 Å². The van der Waals surface area contributed by atoms with E-state index in [2.05, 4.69) is 0 Å². The molecule has 5 nitrogen and oxygen atoms in total. The number of methoxy groups -OCH3 is 2. The van der Waals surface area contributed by atoms with Gasteiger partial charge in [-0.25, -0.2) is 0 Å². The predicted molar refractivity (Wildman–Crippen MR) is 92.0 cm³/mol. The average molecular weight is 349 g/mol. The topological polar surface area (TPSA) is 65.0 Å². The van der Waals surface area contributed by atoms with Gasteiger partial charge in [0.05, 0.1) is 12.7 Å². The van der Waals surface area contributed by atoms with E-state index in [4.69, 9.17) is 25.8 Å². The Morgan fingerprint density at radius 2 is 1.96 bits per heavy atom. The molecular weight excluding hydrogens is 332 g/mol. The van der Waals surface area contributed by atoms with Gasteiger partial charge in [-0.3, -0.25) is 4.79 Å². The van der Waals surface area contributed by atoms with E-state index in [1.807, 2.05) is 0 Å². The fourth-order valence-electron chi connectivity index (χ4n) is 2.00. The van der Waals surface area contributed by atoms with Crippen molar-refractivity contribution in [3.8, 4) is 17.2 Å². The minimum absolute atomic E-state index is 0.111. The van der Waals surface area contributed by atoms with E-state index in [0.29, 0.717) is 16.5 Å². The summed E-state index contributed by atoms with van der Waals surface area (Å²) in [7, 11) is 3.06. The zero-order valence-corrected chi connectivity index (χ0v) is 14.0. The van der Waals surface area contributed by atoms with E-state index in [-0.39, 0.29) is 23.9 Å². The van der Waals surface area contributed by atoms with Gasteiger partial charge < -0.3 is 19.3 Å². The second kappa shape index (κ2) is 8.38. The fraction of sp³-hybridized carbons (Fsp3) is 0.167. The molecule has 0 saturated carbocycles. The molecule has 0 spiro atoms. The lowest BCUT2D eigenvalue weighted by molar-refractivity contribution is 0.0491. The quantitative estimate of drug-likeness (QED) is 0.466. The van der Waals surface area contributed by atoms with Crippen LogP contribution in [-0.2, 0) is 4.74 Å². The van der Waals surface area contributed by atoms with E-state index in [1.54, 1.807) is 30.3 Å². The van der Waals surface area contributed by atoms with Crippen molar-refractivity contribution in [1.82, 2.24) is 0 Å². The van der Waals surface area contributed by atoms with Crippen LogP contribution in [0.2, 0.25) is 5.02 Å². The molecule has 0 aliphatic heterocycles. The summed E-state index contributed by atoms with van der Waals surface area (Å²) in [6.07, 6.45) is 2.99. The summed E-state index contributed by atoms with van der Waals surface area (Å²) in [4.78, 5) is 12.2. The van der Waals surface area contributed by atoms with Crippen LogP contribution in [0.1, 0.15) is 15.9 Å². The number of ketones is 1. The number of ether oxygens (including phenoxy) is 3. The minimum atomic E-state index is -0.331. The Kier molecular flexibility index (Phi) is 6.23. The zero-order chi connectivity index (χ0) is 17.5. The summed E-state index contributed by atoms with van der Waals surface area (Å²) in [5.74, 6) is 0.579. The lowest BCUT2D eigenvalue weighted by atomic mass is 10.1. The van der Waals surface area contributed by atoms with Gasteiger partial charge in [-0.2, -0.15) is 0 Å². The fourth-order valence-corrected chi connectivity index (χ4v) is 2.17. The maximum atomic E-state index is 12.2. The average Bonchev–Trinajstić information content (AvgIpc) is 2.58. The first kappa shape index (κ1) is 17.8. The number of carbonyl (C=O) groups is 1. The Balaban J connectivity index is 2.17. The van der Waals surface area contributed by atoms with E-state index in [9.17, 15) is 9.90 Å². The van der Waals surface area contributed by atoms with Crippen molar-refractivity contribution in [2.75, 3.05) is 21.0 Å². The predicted octanol–water partition coefficient (Wildman–Crippen LogP) is 3.93. The van der Waals surface area contributed by atoms with Crippen LogP contribution < -0.4 is 9.47 Å². The SMILES string of the molecule is COCOc1ccc(/C=C/C(=O)c2ccc(Cl)cc2O)cc1OC. The maximum absolute atomic E-state index is 12.2. The lowest BCUT2D eigenvalue weighted by Gasteiger charge is -2.10. The molecule has 2 aromatic carbocycles. The van der Waals surface area contributed by atoms with Gasteiger partial charge in [0.15, 0.2) is 24.1 Å². The summed E-state index contributed by atoms with van der Waals surface area (Å²) in [6.45, 7) is 0.111. The summed E-state index contributed by atoms with van der Waals surface area (Å²) in [5, 5.41) is 10.1. The summed E-state index contributed by atoms with van der Waals surface area (Å²) >= 11 is 5.75. The highest BCUT2D eigenvalue weighted by molar-refractivity contribution is 6.31. The molecular formula is C18H17ClO5. The van der Waals surface area contributed by atoms with E-state index in [0.717, 1.165) is 5.56 Å². The molecule has 0 unspecified atom stereocenters. The van der Waals surface area contributed by atoms with Crippen LogP contribution in [-0.4, -0.2) is 31.9 Å². The van der Waals surface area contributed by atoms with E-state index < -0.39 is 0 Å². The van der Waals surface area contributed by atoms with Gasteiger partial charge in [-0.05, 0) is 42.0 Å². The molecule has 126 valence electrons. The third kappa shape index (κ3) is 4.50. The van der Waals surface area contributed by atoms with Gasteiger partial charge in [0, 0.05) is 12.1 Å². The molecule has 2 rings (SSSR count). The van der Waals surface area contributed by atoms with Gasteiger partial charge in [-0.1, -0.05) is 23.7 Å². The maximum Gasteiger partial charge on any atom is 0.189 e. The van der Waals surface area contributed by atoms with Crippen molar-refractivity contribution in [2.24, 2.45) is 0 Å². The number of rotatable bonds is 7. The first-order valence-corrected chi connectivity index (χ1v) is 7.43. The molecule has 2 aromatic rings. The number of carbonyl (C=O) groups excluding carboxylic acids is 1. The third-order valence-electron chi connectivity index (χ3n) is 3.17. The Hall–Kier alpha value is -2.50. The molecule has 24 heavy (non-hydrogen) atoms. The van der Waals surface area contributed by atoms with Crippen LogP contribution in [0.3, 0.4) is 0 Å². The van der Waals surface area contributed by atoms with Gasteiger partial charge in [0.1, 0.15) is 5.75 Å². The van der Waals surface area contributed by atoms with Gasteiger partial charge in [-0.15, -0.1) is 0 Å². The van der Waals surface area contributed by atoms with Gasteiger partial charge in [0.2, 0.25) is 0 Å². The normalized spacial score (nSPS) is 10.8. The van der Waals surface area contributed by atoms with Crippen LogP contribution in [0.15, 0.2) is 42.5 Å². The Bertz CT molecular complexity index is 755. The highest BCUT2D eigenvalue weighted by atomic mass is 35.5. The number of phenolic OH excluding ortho intramolecular Hbond substituents is 1. The largest absolute Gasteiger partial charge is 0.507 e. The molecule has 0 amide bonds. The number of hydrogen-bond acceptors (Lipinski definition) is 5. The Morgan fingerprint density at radius 1 is 1.17 bits per heavy atom. The van der Waals surface area contributed by atoms with Crippen molar-refractivity contribution < 1.29 is 24.1 Å². The second-order valence-electron chi connectivity index (χ2n) is 4.82. The van der Waals surface area contributed by atoms with Gasteiger partial charge >= 0.3 is 0 Å². The molecule has 6 heteroatoms. The first-order valence-electron chi connectivity index (χ1n) is 7.06. The lowest BCUT2D eigenvalue weighted by Crippen LogP contribution is -2.00. The van der Waals surface area contributed by atoms with E-state index in [1.165, 1.54) is 32.4 Å². The molecule has 1 N–H and O–H groups in total. The molecule has 0 fully saturated rings. The van der Waals surface area contributed by atoms with Crippen LogP contribution >= 0.6 is 11.6 Å². The van der Waals surface area contributed by atoms with E-state index >= 15 is 0 Å². The van der Waals surface area contributed by atoms with Crippen molar-refractivity contribution in [2.45, 2.75) is 0 Å². The molecule has 0 radical (unpaired) electrons. The molecule has 0 bridgehead atoms. The minimum Gasteiger partial charge on any atom is -0.507 e. The number of hydrogen-bond donors (Lipinski definition) is 1. The molecule has 0 aromatic heterocycles. The summed E-state index contributed by atoms with van der Waals surface area (Å²) < 4.78 is 15.5. The highest BCUT2D eigenvalue weighted by Crippen LogP contribution is 2.29. The number of phenols is 1. The zero-order valence-electron chi connectivity index (χ0n) is 13.3. The van der Waals surface area contributed by atoms with Crippen molar-refractivity contribution in [3.63, 3.8) is 0 Å². The highest BCUT2D eigenvalue weighted by Gasteiger charge is 2.09. The van der Waals surface area contributed by atoms with Gasteiger partial charge in [0.25, 0.3) is 0 Å². The molecule has 0 atom stereocenters. The third-order valence-corrected chi connectivity index (χ3v) is 3.41. The first-order chi connectivity index (χ1) is 11.5. The molecule has 0 aliphatic carbocycles. The Labute approximate surface area is 145 Å². The summed E-state index contributed by atoms with van der Waals surface area (Å²) in [6, 6.07) is 9.59. The van der Waals surface area contributed by atoms with Crippen LogP contribution in [0.25, 0.3) is 6.08 Å². The van der Waals surface area contributed by atoms with Crippen LogP contribution in [0.4, 0.5) is 0 Å². The van der Waals surface area contributed by atoms with Crippen molar-refractivity contribution in [3.05, 3.63) is 58.6 Å². The molecule has 0 heterocycles. The standard InChI is InChI=1S/C18H17ClO5/c1-22-11-24-17-8-4-12(9-18(17)23-2)3-7-15(20)14-6-5-13(19)10-16(14)21/h3-10,21H,11H2,1-2H3/b7-3+. The van der Waals surface area contributed by atoms with Crippen LogP contribution in [0.5, 0.6) is 17.2 Å². The monoisotopic (exact) mass is 348 g/mol. The molecule has 0 aliphatic rings. The number of aromatic hydroxyl groups is 1. The number of allylic oxidation sites excluding steroid dienone is 1. The Morgan fingerprint density at radius 3 is 2.62 bits per heavy atom. The molecule has 0 saturated heterocycles. The van der Waals surface area contributed by atoms with Crippen LogP contribution in [0, 0.1) is 0 Å². The number of benzene rings is 2. The summed E-state index contributed by atoms with van der Waals surface area (Å²) in [5.41, 5.74) is 0.932. The van der Waals surface area contributed by atoms with Crippen molar-refractivity contribution >= 4 is 23.5 Å². The second-order valence-corrected chi connectivity index (χ2v) is 5.26. The smallest absolute Gasteiger partial charge is 0.189 e. The number of halogens is 1.